The molecule has 2 rings (SSSR count). The highest BCUT2D eigenvalue weighted by Crippen LogP contribution is 2.11. The Labute approximate surface area is 108 Å². The Bertz CT molecular complexity index is 455. The van der Waals surface area contributed by atoms with Crippen molar-refractivity contribution in [3.05, 3.63) is 30.1 Å². The van der Waals surface area contributed by atoms with E-state index in [1.165, 1.54) is 0 Å². The van der Waals surface area contributed by atoms with Gasteiger partial charge in [0.25, 0.3) is 0 Å². The Morgan fingerprint density at radius 1 is 1.39 bits per heavy atom. The van der Waals surface area contributed by atoms with Crippen LogP contribution < -0.4 is 10.0 Å². The highest BCUT2D eigenvalue weighted by molar-refractivity contribution is 7.90. The lowest BCUT2D eigenvalue weighted by Crippen LogP contribution is -2.42. The number of nitrogens with one attached hydrogen (secondary N) is 2. The second-order valence-corrected chi connectivity index (χ2v) is 6.55. The van der Waals surface area contributed by atoms with Crippen molar-refractivity contribution < 1.29 is 8.42 Å². The highest BCUT2D eigenvalue weighted by atomic mass is 32.2. The first-order valence-electron chi connectivity index (χ1n) is 6.26. The molecular formula is C12H19N3O2S. The molecule has 0 aliphatic carbocycles. The van der Waals surface area contributed by atoms with Gasteiger partial charge in [0.1, 0.15) is 0 Å². The van der Waals surface area contributed by atoms with Gasteiger partial charge in [0.2, 0.25) is 10.0 Å². The Balaban J connectivity index is 1.82. The van der Waals surface area contributed by atoms with Crippen molar-refractivity contribution in [1.29, 1.82) is 0 Å². The summed E-state index contributed by atoms with van der Waals surface area (Å²) in [6, 6.07) is 3.81. The summed E-state index contributed by atoms with van der Waals surface area (Å²) in [7, 11) is -3.16. The molecule has 1 aliphatic rings. The van der Waals surface area contributed by atoms with Crippen LogP contribution in [0.4, 0.5) is 0 Å². The number of sulfonamides is 1. The average Bonchev–Trinajstić information content (AvgIpc) is 2.41. The summed E-state index contributed by atoms with van der Waals surface area (Å²) in [4.78, 5) is 4.00. The van der Waals surface area contributed by atoms with Gasteiger partial charge in [-0.15, -0.1) is 0 Å². The van der Waals surface area contributed by atoms with E-state index in [1.807, 2.05) is 12.1 Å². The van der Waals surface area contributed by atoms with E-state index in [1.54, 1.807) is 12.4 Å². The molecule has 1 fully saturated rings. The third-order valence-corrected chi connectivity index (χ3v) is 5.12. The molecule has 0 saturated carbocycles. The molecule has 5 nitrogen and oxygen atoms in total. The maximum Gasteiger partial charge on any atom is 0.214 e. The molecule has 0 spiro atoms. The summed E-state index contributed by atoms with van der Waals surface area (Å²) in [6.07, 6.45) is 5.55. The summed E-state index contributed by atoms with van der Waals surface area (Å²) in [6.45, 7) is 2.01. The van der Waals surface area contributed by atoms with E-state index in [0.717, 1.165) is 18.7 Å². The maximum absolute atomic E-state index is 12.0. The fraction of sp³-hybridized carbons (Fsp3) is 0.583. The fourth-order valence-corrected chi connectivity index (χ4v) is 3.59. The smallest absolute Gasteiger partial charge is 0.214 e. The largest absolute Gasteiger partial charge is 0.317 e. The van der Waals surface area contributed by atoms with E-state index in [2.05, 4.69) is 15.0 Å². The van der Waals surface area contributed by atoms with Crippen molar-refractivity contribution >= 4 is 10.0 Å². The number of rotatable bonds is 5. The molecule has 100 valence electrons. The van der Waals surface area contributed by atoms with Crippen LogP contribution in [-0.4, -0.2) is 38.3 Å². The minimum absolute atomic E-state index is 0.243. The Morgan fingerprint density at radius 3 is 2.83 bits per heavy atom. The third kappa shape index (κ3) is 3.76. The molecule has 6 heteroatoms. The number of aromatic nitrogens is 1. The van der Waals surface area contributed by atoms with Crippen LogP contribution in [0.15, 0.2) is 24.5 Å². The van der Waals surface area contributed by atoms with Gasteiger partial charge in [-0.3, -0.25) is 4.98 Å². The van der Waals surface area contributed by atoms with E-state index in [9.17, 15) is 8.42 Å². The quantitative estimate of drug-likeness (QED) is 0.806. The first-order chi connectivity index (χ1) is 8.68. The molecule has 0 amide bonds. The van der Waals surface area contributed by atoms with Crippen molar-refractivity contribution in [2.45, 2.75) is 24.5 Å². The van der Waals surface area contributed by atoms with Gasteiger partial charge in [0.05, 0.1) is 5.25 Å². The summed E-state index contributed by atoms with van der Waals surface area (Å²) < 4.78 is 26.7. The van der Waals surface area contributed by atoms with Gasteiger partial charge in [-0.1, -0.05) is 6.07 Å². The molecular weight excluding hydrogens is 250 g/mol. The first kappa shape index (κ1) is 13.5. The van der Waals surface area contributed by atoms with E-state index >= 15 is 0 Å². The van der Waals surface area contributed by atoms with Crippen LogP contribution in [0.2, 0.25) is 0 Å². The minimum Gasteiger partial charge on any atom is -0.317 e. The molecule has 0 bridgehead atoms. The molecule has 18 heavy (non-hydrogen) atoms. The van der Waals surface area contributed by atoms with E-state index in [0.29, 0.717) is 25.8 Å². The van der Waals surface area contributed by atoms with Gasteiger partial charge >= 0.3 is 0 Å². The second kappa shape index (κ2) is 6.26. The molecule has 0 aromatic carbocycles. The highest BCUT2D eigenvalue weighted by Gasteiger charge is 2.26. The van der Waals surface area contributed by atoms with Crippen LogP contribution in [0.1, 0.15) is 18.4 Å². The van der Waals surface area contributed by atoms with Crippen LogP contribution in [0, 0.1) is 0 Å². The molecule has 2 N–H and O–H groups in total. The van der Waals surface area contributed by atoms with Crippen molar-refractivity contribution in [2.24, 2.45) is 0 Å². The van der Waals surface area contributed by atoms with Crippen LogP contribution >= 0.6 is 0 Å². The second-order valence-electron chi connectivity index (χ2n) is 4.50. The zero-order chi connectivity index (χ0) is 12.8. The summed E-state index contributed by atoms with van der Waals surface area (Å²) in [5.41, 5.74) is 1.05. The SMILES string of the molecule is O=S(=O)(NCCc1cccnc1)C1CCNCC1. The van der Waals surface area contributed by atoms with Gasteiger partial charge in [0, 0.05) is 18.9 Å². The molecule has 1 aromatic rings. The van der Waals surface area contributed by atoms with Crippen molar-refractivity contribution in [3.8, 4) is 0 Å². The maximum atomic E-state index is 12.0. The lowest BCUT2D eigenvalue weighted by molar-refractivity contribution is 0.489. The Kier molecular flexibility index (Phi) is 4.68. The van der Waals surface area contributed by atoms with Gasteiger partial charge in [0.15, 0.2) is 0 Å². The molecule has 1 saturated heterocycles. The third-order valence-electron chi connectivity index (χ3n) is 3.16. The van der Waals surface area contributed by atoms with Gasteiger partial charge in [-0.2, -0.15) is 0 Å². The fourth-order valence-electron chi connectivity index (χ4n) is 2.11. The lowest BCUT2D eigenvalue weighted by atomic mass is 10.2. The predicted molar refractivity (Wildman–Crippen MR) is 70.8 cm³/mol. The van der Waals surface area contributed by atoms with Crippen molar-refractivity contribution in [3.63, 3.8) is 0 Å². The normalized spacial score (nSPS) is 17.8. The standard InChI is InChI=1S/C12H19N3O2S/c16-18(17,12-4-7-13-8-5-12)15-9-3-11-2-1-6-14-10-11/h1-2,6,10,12-13,15H,3-5,7-9H2. The minimum atomic E-state index is -3.16. The molecule has 1 aromatic heterocycles. The predicted octanol–water partition coefficient (Wildman–Crippen LogP) is 0.295. The zero-order valence-electron chi connectivity index (χ0n) is 10.3. The van der Waals surface area contributed by atoms with E-state index in [-0.39, 0.29) is 5.25 Å². The molecule has 0 atom stereocenters. The molecule has 0 radical (unpaired) electrons. The summed E-state index contributed by atoms with van der Waals surface area (Å²) in [5, 5.41) is 2.93. The van der Waals surface area contributed by atoms with Crippen LogP contribution in [0.3, 0.4) is 0 Å². The molecule has 1 aliphatic heterocycles. The van der Waals surface area contributed by atoms with Gasteiger partial charge in [-0.05, 0) is 44.0 Å². The van der Waals surface area contributed by atoms with Crippen LogP contribution in [0.25, 0.3) is 0 Å². The van der Waals surface area contributed by atoms with E-state index < -0.39 is 10.0 Å². The number of nitrogens with zero attached hydrogens (tertiary/aromatic N) is 1. The van der Waals surface area contributed by atoms with Gasteiger partial charge in [-0.25, -0.2) is 13.1 Å². The monoisotopic (exact) mass is 269 g/mol. The van der Waals surface area contributed by atoms with Crippen molar-refractivity contribution in [1.82, 2.24) is 15.0 Å². The van der Waals surface area contributed by atoms with Crippen LogP contribution in [0.5, 0.6) is 0 Å². The molecule has 2 heterocycles. The zero-order valence-corrected chi connectivity index (χ0v) is 11.1. The topological polar surface area (TPSA) is 71.1 Å². The van der Waals surface area contributed by atoms with E-state index in [4.69, 9.17) is 0 Å². The summed E-state index contributed by atoms with van der Waals surface area (Å²) >= 11 is 0. The Morgan fingerprint density at radius 2 is 2.17 bits per heavy atom. The lowest BCUT2D eigenvalue weighted by Gasteiger charge is -2.22. The number of hydrogen-bond donors (Lipinski definition) is 2. The Hall–Kier alpha value is -0.980. The number of pyridine rings is 1. The average molecular weight is 269 g/mol. The first-order valence-corrected chi connectivity index (χ1v) is 7.81. The number of piperidine rings is 1. The summed E-state index contributed by atoms with van der Waals surface area (Å²) in [5.74, 6) is 0. The van der Waals surface area contributed by atoms with Crippen LogP contribution in [-0.2, 0) is 16.4 Å². The molecule has 0 unspecified atom stereocenters. The van der Waals surface area contributed by atoms with Crippen molar-refractivity contribution in [2.75, 3.05) is 19.6 Å². The number of hydrogen-bond acceptors (Lipinski definition) is 4. The van der Waals surface area contributed by atoms with Gasteiger partial charge < -0.3 is 5.32 Å².